The first kappa shape index (κ1) is 14.3. The Labute approximate surface area is 92.9 Å². The molecule has 0 bridgehead atoms. The molecule has 0 N–H and O–H groups in total. The molecule has 0 atom stereocenters. The average molecular weight is 229 g/mol. The van der Waals surface area contributed by atoms with Crippen molar-refractivity contribution in [3.05, 3.63) is 6.92 Å². The predicted octanol–water partition coefficient (Wildman–Crippen LogP) is 0.191. The van der Waals surface area contributed by atoms with Gasteiger partial charge in [0.15, 0.2) is 0 Å². The van der Waals surface area contributed by atoms with Crippen molar-refractivity contribution >= 4 is 23.5 Å². The number of rotatable bonds is 6. The van der Waals surface area contributed by atoms with Crippen LogP contribution in [0.4, 0.5) is 0 Å². The topological polar surface area (TPSA) is 86.7 Å². The van der Waals surface area contributed by atoms with E-state index in [1.165, 1.54) is 13.8 Å². The van der Waals surface area contributed by atoms with Crippen LogP contribution in [-0.4, -0.2) is 29.8 Å². The molecular formula is C10H13O6. The van der Waals surface area contributed by atoms with Crippen LogP contribution in [0, 0.1) is 6.92 Å². The van der Waals surface area contributed by atoms with E-state index in [2.05, 4.69) is 16.4 Å². The third kappa shape index (κ3) is 7.66. The smallest absolute Gasteiger partial charge is 0.316 e. The molecule has 0 aromatic rings. The van der Waals surface area contributed by atoms with Gasteiger partial charge in [-0.05, 0) is 13.8 Å². The Bertz CT molecular complexity index is 276. The van der Waals surface area contributed by atoms with E-state index in [1.54, 1.807) is 0 Å². The zero-order chi connectivity index (χ0) is 12.7. The first-order valence-corrected chi connectivity index (χ1v) is 4.52. The number of ether oxygens (including phenoxy) is 2. The van der Waals surface area contributed by atoms with Crippen LogP contribution in [0.25, 0.3) is 0 Å². The monoisotopic (exact) mass is 229 g/mol. The van der Waals surface area contributed by atoms with Crippen molar-refractivity contribution < 1.29 is 28.7 Å². The van der Waals surface area contributed by atoms with Crippen molar-refractivity contribution in [1.29, 1.82) is 0 Å². The van der Waals surface area contributed by atoms with Crippen LogP contribution in [0.2, 0.25) is 0 Å². The van der Waals surface area contributed by atoms with Gasteiger partial charge >= 0.3 is 11.9 Å². The molecule has 0 aromatic carbocycles. The second-order valence-electron chi connectivity index (χ2n) is 3.17. The van der Waals surface area contributed by atoms with Gasteiger partial charge in [-0.3, -0.25) is 19.2 Å². The second kappa shape index (κ2) is 6.71. The van der Waals surface area contributed by atoms with Crippen molar-refractivity contribution in [1.82, 2.24) is 0 Å². The molecule has 0 heterocycles. The van der Waals surface area contributed by atoms with Gasteiger partial charge in [0.1, 0.15) is 24.4 Å². The Hall–Kier alpha value is -1.72. The molecule has 6 nitrogen and oxygen atoms in total. The number of carbonyl (C=O) groups excluding carboxylic acids is 4. The van der Waals surface area contributed by atoms with E-state index in [9.17, 15) is 19.2 Å². The van der Waals surface area contributed by atoms with Gasteiger partial charge in [0.25, 0.3) is 0 Å². The van der Waals surface area contributed by atoms with Gasteiger partial charge in [-0.2, -0.15) is 0 Å². The van der Waals surface area contributed by atoms with Gasteiger partial charge in [0, 0.05) is 6.92 Å². The van der Waals surface area contributed by atoms with Gasteiger partial charge in [0.2, 0.25) is 6.29 Å². The van der Waals surface area contributed by atoms with Gasteiger partial charge in [-0.1, -0.05) is 0 Å². The standard InChI is InChI=1S/C10H13O6/c1-6(11)4-9(13)15-8(3)16-10(14)5-7(2)12/h8H,3-5H2,1-2H3. The molecule has 0 spiro atoms. The van der Waals surface area contributed by atoms with Crippen LogP contribution in [0.5, 0.6) is 0 Å². The lowest BCUT2D eigenvalue weighted by molar-refractivity contribution is -0.179. The maximum atomic E-state index is 10.9. The highest BCUT2D eigenvalue weighted by Crippen LogP contribution is 1.99. The van der Waals surface area contributed by atoms with Crippen LogP contribution in [0.1, 0.15) is 26.7 Å². The number of carbonyl (C=O) groups is 4. The van der Waals surface area contributed by atoms with Crippen molar-refractivity contribution in [3.63, 3.8) is 0 Å². The Kier molecular flexibility index (Phi) is 5.99. The van der Waals surface area contributed by atoms with Crippen LogP contribution in [0.3, 0.4) is 0 Å². The number of esters is 2. The lowest BCUT2D eigenvalue weighted by Gasteiger charge is -2.12. The molecule has 0 fully saturated rings. The molecule has 0 rings (SSSR count). The van der Waals surface area contributed by atoms with Crippen molar-refractivity contribution in [3.8, 4) is 0 Å². The third-order valence-corrected chi connectivity index (χ3v) is 1.31. The minimum Gasteiger partial charge on any atom is -0.425 e. The molecule has 0 saturated carbocycles. The Morgan fingerprint density at radius 1 is 0.938 bits per heavy atom. The van der Waals surface area contributed by atoms with Gasteiger partial charge in [-0.25, -0.2) is 0 Å². The summed E-state index contributed by atoms with van der Waals surface area (Å²) in [5, 5.41) is 0. The molecule has 0 aromatic heterocycles. The summed E-state index contributed by atoms with van der Waals surface area (Å²) in [5.41, 5.74) is 0. The fraction of sp³-hybridized carbons (Fsp3) is 0.500. The molecule has 0 aliphatic rings. The highest BCUT2D eigenvalue weighted by Gasteiger charge is 2.16. The Balaban J connectivity index is 3.94. The van der Waals surface area contributed by atoms with Crippen LogP contribution < -0.4 is 0 Å². The number of Topliss-reactive ketones (excluding diaryl/α,β-unsaturated/α-hetero) is 2. The third-order valence-electron chi connectivity index (χ3n) is 1.31. The molecule has 1 radical (unpaired) electrons. The Morgan fingerprint density at radius 3 is 1.50 bits per heavy atom. The van der Waals surface area contributed by atoms with E-state index >= 15 is 0 Å². The van der Waals surface area contributed by atoms with Crippen molar-refractivity contribution in [2.45, 2.75) is 33.0 Å². The summed E-state index contributed by atoms with van der Waals surface area (Å²) in [4.78, 5) is 42.9. The summed E-state index contributed by atoms with van der Waals surface area (Å²) in [6, 6.07) is 0. The van der Waals surface area contributed by atoms with Gasteiger partial charge < -0.3 is 9.47 Å². The molecule has 0 aliphatic carbocycles. The molecule has 6 heteroatoms. The highest BCUT2D eigenvalue weighted by atomic mass is 16.7. The normalized spacial score (nSPS) is 9.75. The molecule has 0 amide bonds. The minimum absolute atomic E-state index is 0.368. The summed E-state index contributed by atoms with van der Waals surface area (Å²) in [6.07, 6.45) is -2.16. The quantitative estimate of drug-likeness (QED) is 0.367. The van der Waals surface area contributed by atoms with Crippen molar-refractivity contribution in [2.24, 2.45) is 0 Å². The lowest BCUT2D eigenvalue weighted by atomic mass is 10.3. The number of hydrogen-bond donors (Lipinski definition) is 0. The molecule has 0 unspecified atom stereocenters. The minimum atomic E-state index is -1.35. The maximum absolute atomic E-state index is 10.9. The molecule has 89 valence electrons. The fourth-order valence-corrected chi connectivity index (χ4v) is 0.807. The van der Waals surface area contributed by atoms with Crippen molar-refractivity contribution in [2.75, 3.05) is 0 Å². The van der Waals surface area contributed by atoms with Crippen LogP contribution in [-0.2, 0) is 28.7 Å². The lowest BCUT2D eigenvalue weighted by Crippen LogP contribution is -2.23. The summed E-state index contributed by atoms with van der Waals surface area (Å²) < 4.78 is 8.98. The predicted molar refractivity (Wildman–Crippen MR) is 51.9 cm³/mol. The maximum Gasteiger partial charge on any atom is 0.316 e. The first-order chi connectivity index (χ1) is 7.31. The number of hydrogen-bond acceptors (Lipinski definition) is 6. The SMILES string of the molecule is [CH2]C(OC(=O)CC(C)=O)OC(=O)CC(C)=O. The number of ketones is 2. The molecule has 16 heavy (non-hydrogen) atoms. The summed E-state index contributed by atoms with van der Waals surface area (Å²) in [5.74, 6) is -2.40. The van der Waals surface area contributed by atoms with E-state index in [0.717, 1.165) is 0 Å². The fourth-order valence-electron chi connectivity index (χ4n) is 0.807. The largest absolute Gasteiger partial charge is 0.425 e. The van der Waals surface area contributed by atoms with Gasteiger partial charge in [0.05, 0.1) is 0 Å². The molecule has 0 saturated heterocycles. The Morgan fingerprint density at radius 2 is 1.25 bits per heavy atom. The molecular weight excluding hydrogens is 216 g/mol. The summed E-state index contributed by atoms with van der Waals surface area (Å²) in [7, 11) is 0. The average Bonchev–Trinajstić information content (AvgIpc) is 1.97. The van der Waals surface area contributed by atoms with E-state index < -0.39 is 31.1 Å². The summed E-state index contributed by atoms with van der Waals surface area (Å²) >= 11 is 0. The van der Waals surface area contributed by atoms with E-state index in [-0.39, 0.29) is 11.6 Å². The van der Waals surface area contributed by atoms with Gasteiger partial charge in [-0.15, -0.1) is 0 Å². The zero-order valence-electron chi connectivity index (χ0n) is 9.15. The van der Waals surface area contributed by atoms with Crippen LogP contribution >= 0.6 is 0 Å². The highest BCUT2D eigenvalue weighted by molar-refractivity contribution is 5.95. The second-order valence-corrected chi connectivity index (χ2v) is 3.17. The van der Waals surface area contributed by atoms with E-state index in [0.29, 0.717) is 0 Å². The molecule has 0 aliphatic heterocycles. The van der Waals surface area contributed by atoms with E-state index in [1.807, 2.05) is 0 Å². The van der Waals surface area contributed by atoms with Crippen LogP contribution in [0.15, 0.2) is 0 Å². The first-order valence-electron chi connectivity index (χ1n) is 4.52. The summed E-state index contributed by atoms with van der Waals surface area (Å²) in [6.45, 7) is 5.67. The van der Waals surface area contributed by atoms with E-state index in [4.69, 9.17) is 0 Å². The zero-order valence-corrected chi connectivity index (χ0v) is 9.15.